The van der Waals surface area contributed by atoms with Crippen LogP contribution in [0.3, 0.4) is 0 Å². The summed E-state index contributed by atoms with van der Waals surface area (Å²) in [4.78, 5) is 14.9. The fourth-order valence-electron chi connectivity index (χ4n) is 4.24. The lowest BCUT2D eigenvalue weighted by atomic mass is 9.95. The van der Waals surface area contributed by atoms with Crippen LogP contribution >= 0.6 is 0 Å². The minimum atomic E-state index is -0.0574. The minimum absolute atomic E-state index is 0.0574. The zero-order valence-electron chi connectivity index (χ0n) is 13.4. The van der Waals surface area contributed by atoms with Crippen LogP contribution in [0.1, 0.15) is 32.1 Å². The first-order chi connectivity index (χ1) is 11.3. The molecule has 2 N–H and O–H groups in total. The quantitative estimate of drug-likeness (QED) is 0.891. The molecule has 2 aliphatic heterocycles. The average molecular weight is 315 g/mol. The molecule has 1 amide bonds. The fraction of sp³-hybridized carbons (Fsp3) is 0.611. The van der Waals surface area contributed by atoms with E-state index in [1.54, 1.807) is 0 Å². The first kappa shape index (κ1) is 15.0. The van der Waals surface area contributed by atoms with E-state index in [-0.39, 0.29) is 18.1 Å². The number of hydrogen-bond acceptors (Lipinski definition) is 4. The minimum Gasteiger partial charge on any atom is -0.489 e. The number of nitrogens with one attached hydrogen (secondary N) is 2. The van der Waals surface area contributed by atoms with Crippen LogP contribution in [0.4, 0.5) is 0 Å². The maximum absolute atomic E-state index is 12.9. The number of rotatable bonds is 3. The Morgan fingerprint density at radius 2 is 1.96 bits per heavy atom. The van der Waals surface area contributed by atoms with Crippen molar-refractivity contribution >= 4 is 5.91 Å². The van der Waals surface area contributed by atoms with Crippen molar-refractivity contribution in [3.8, 4) is 5.75 Å². The Hall–Kier alpha value is -1.59. The van der Waals surface area contributed by atoms with Crippen molar-refractivity contribution in [1.82, 2.24) is 15.8 Å². The highest BCUT2D eigenvalue weighted by Gasteiger charge is 2.44. The van der Waals surface area contributed by atoms with Gasteiger partial charge in [0.05, 0.1) is 6.54 Å². The monoisotopic (exact) mass is 315 g/mol. The molecule has 4 atom stereocenters. The number of amides is 1. The van der Waals surface area contributed by atoms with Crippen molar-refractivity contribution in [2.45, 2.75) is 50.3 Å². The maximum Gasteiger partial charge on any atom is 0.241 e. The van der Waals surface area contributed by atoms with E-state index >= 15 is 0 Å². The summed E-state index contributed by atoms with van der Waals surface area (Å²) in [7, 11) is 0. The van der Waals surface area contributed by atoms with Gasteiger partial charge in [-0.25, -0.2) is 5.43 Å². The summed E-state index contributed by atoms with van der Waals surface area (Å²) in [6, 6.07) is 10.3. The van der Waals surface area contributed by atoms with Gasteiger partial charge in [0.25, 0.3) is 0 Å². The lowest BCUT2D eigenvalue weighted by Crippen LogP contribution is -2.52. The Morgan fingerprint density at radius 3 is 2.83 bits per heavy atom. The van der Waals surface area contributed by atoms with E-state index in [9.17, 15) is 4.79 Å². The number of ether oxygens (including phenoxy) is 1. The Morgan fingerprint density at radius 1 is 1.09 bits per heavy atom. The molecule has 5 heteroatoms. The van der Waals surface area contributed by atoms with E-state index < -0.39 is 0 Å². The van der Waals surface area contributed by atoms with E-state index in [0.29, 0.717) is 18.5 Å². The van der Waals surface area contributed by atoms with Gasteiger partial charge in [0.1, 0.15) is 17.9 Å². The summed E-state index contributed by atoms with van der Waals surface area (Å²) in [5.74, 6) is 1.59. The van der Waals surface area contributed by atoms with Crippen LogP contribution in [0.15, 0.2) is 30.3 Å². The number of para-hydroxylation sites is 1. The lowest BCUT2D eigenvalue weighted by molar-refractivity contribution is -0.136. The predicted octanol–water partition coefficient (Wildman–Crippen LogP) is 1.70. The molecule has 1 aromatic carbocycles. The summed E-state index contributed by atoms with van der Waals surface area (Å²) in [5.41, 5.74) is 6.55. The Balaban J connectivity index is 1.38. The van der Waals surface area contributed by atoms with Crippen molar-refractivity contribution in [3.05, 3.63) is 30.3 Å². The number of likely N-dealkylation sites (tertiary alicyclic amines) is 1. The highest BCUT2D eigenvalue weighted by molar-refractivity contribution is 5.83. The van der Waals surface area contributed by atoms with Gasteiger partial charge in [-0.1, -0.05) is 24.6 Å². The van der Waals surface area contributed by atoms with Gasteiger partial charge in [-0.15, -0.1) is 0 Å². The third-order valence-corrected chi connectivity index (χ3v) is 5.42. The molecule has 5 nitrogen and oxygen atoms in total. The molecular weight excluding hydrogens is 290 g/mol. The molecule has 4 unspecified atom stereocenters. The Bertz CT molecular complexity index is 550. The first-order valence-electron chi connectivity index (χ1n) is 8.83. The van der Waals surface area contributed by atoms with Crippen LogP contribution in [0, 0.1) is 5.92 Å². The van der Waals surface area contributed by atoms with Crippen molar-refractivity contribution in [1.29, 1.82) is 0 Å². The van der Waals surface area contributed by atoms with E-state index in [1.807, 2.05) is 35.2 Å². The molecule has 124 valence electrons. The van der Waals surface area contributed by atoms with Crippen LogP contribution in [-0.4, -0.2) is 42.1 Å². The highest BCUT2D eigenvalue weighted by atomic mass is 16.5. The predicted molar refractivity (Wildman–Crippen MR) is 87.9 cm³/mol. The number of carbonyl (C=O) groups is 1. The topological polar surface area (TPSA) is 53.6 Å². The second-order valence-electron chi connectivity index (χ2n) is 6.95. The Kier molecular flexibility index (Phi) is 4.23. The molecule has 1 aliphatic carbocycles. The zero-order chi connectivity index (χ0) is 15.6. The molecule has 1 saturated carbocycles. The third-order valence-electron chi connectivity index (χ3n) is 5.42. The van der Waals surface area contributed by atoms with Crippen LogP contribution in [0.25, 0.3) is 0 Å². The number of carbonyl (C=O) groups excluding carboxylic acids is 1. The maximum atomic E-state index is 12.9. The van der Waals surface area contributed by atoms with Crippen molar-refractivity contribution in [3.63, 3.8) is 0 Å². The number of hydrogen-bond donors (Lipinski definition) is 2. The summed E-state index contributed by atoms with van der Waals surface area (Å²) in [6.45, 7) is 1.55. The molecular formula is C18H25N3O2. The standard InChI is InChI=1S/C18H25N3O2/c22-18(17-15-9-4-10-16(15)19-20-17)21-11-5-8-14(12-21)23-13-6-2-1-3-7-13/h1-3,6-7,14-17,19-20H,4-5,8-12H2. The average Bonchev–Trinajstić information content (AvgIpc) is 3.19. The highest BCUT2D eigenvalue weighted by Crippen LogP contribution is 2.32. The number of hydrazine groups is 1. The number of piperidine rings is 1. The van der Waals surface area contributed by atoms with Crippen molar-refractivity contribution in [2.24, 2.45) is 5.92 Å². The van der Waals surface area contributed by atoms with Gasteiger partial charge in [-0.3, -0.25) is 10.2 Å². The van der Waals surface area contributed by atoms with Crippen LogP contribution in [0.5, 0.6) is 5.75 Å². The van der Waals surface area contributed by atoms with Crippen molar-refractivity contribution in [2.75, 3.05) is 13.1 Å². The molecule has 3 fully saturated rings. The van der Waals surface area contributed by atoms with Crippen LogP contribution < -0.4 is 15.6 Å². The smallest absolute Gasteiger partial charge is 0.241 e. The van der Waals surface area contributed by atoms with E-state index in [1.165, 1.54) is 12.8 Å². The van der Waals surface area contributed by atoms with Crippen LogP contribution in [-0.2, 0) is 4.79 Å². The molecule has 2 saturated heterocycles. The van der Waals surface area contributed by atoms with Crippen LogP contribution in [0.2, 0.25) is 0 Å². The van der Waals surface area contributed by atoms with Gasteiger partial charge >= 0.3 is 0 Å². The summed E-state index contributed by atoms with van der Waals surface area (Å²) in [5, 5.41) is 0. The molecule has 0 aromatic heterocycles. The van der Waals surface area contributed by atoms with Gasteiger partial charge in [0.15, 0.2) is 0 Å². The number of benzene rings is 1. The second kappa shape index (κ2) is 6.49. The van der Waals surface area contributed by atoms with Crippen molar-refractivity contribution < 1.29 is 9.53 Å². The van der Waals surface area contributed by atoms with E-state index in [2.05, 4.69) is 10.9 Å². The molecule has 3 aliphatic rings. The Labute approximate surface area is 137 Å². The molecule has 4 rings (SSSR count). The summed E-state index contributed by atoms with van der Waals surface area (Å²) in [6.07, 6.45) is 5.69. The zero-order valence-corrected chi connectivity index (χ0v) is 13.4. The normalized spacial score (nSPS) is 33.5. The van der Waals surface area contributed by atoms with E-state index in [4.69, 9.17) is 4.74 Å². The number of fused-ring (bicyclic) bond motifs is 1. The largest absolute Gasteiger partial charge is 0.489 e. The SMILES string of the molecule is O=C(C1NNC2CCCC21)N1CCCC(Oc2ccccc2)C1. The fourth-order valence-corrected chi connectivity index (χ4v) is 4.24. The molecule has 23 heavy (non-hydrogen) atoms. The molecule has 0 spiro atoms. The van der Waals surface area contributed by atoms with Gasteiger partial charge in [0, 0.05) is 18.5 Å². The second-order valence-corrected chi connectivity index (χ2v) is 6.95. The summed E-state index contributed by atoms with van der Waals surface area (Å²) >= 11 is 0. The van der Waals surface area contributed by atoms with Gasteiger partial charge in [-0.05, 0) is 37.8 Å². The molecule has 0 bridgehead atoms. The summed E-state index contributed by atoms with van der Waals surface area (Å²) < 4.78 is 6.06. The van der Waals surface area contributed by atoms with Gasteiger partial charge < -0.3 is 9.64 Å². The molecule has 2 heterocycles. The first-order valence-corrected chi connectivity index (χ1v) is 8.83. The lowest BCUT2D eigenvalue weighted by Gasteiger charge is -2.35. The molecule has 1 aromatic rings. The molecule has 0 radical (unpaired) electrons. The van der Waals surface area contributed by atoms with E-state index in [0.717, 1.165) is 31.6 Å². The number of nitrogens with zero attached hydrogens (tertiary/aromatic N) is 1. The third kappa shape index (κ3) is 3.08. The van der Waals surface area contributed by atoms with Gasteiger partial charge in [0.2, 0.25) is 5.91 Å². The van der Waals surface area contributed by atoms with Gasteiger partial charge in [-0.2, -0.15) is 0 Å².